The summed E-state index contributed by atoms with van der Waals surface area (Å²) in [5.41, 5.74) is 12.4. The molecule has 0 spiro atoms. The maximum Gasteiger partial charge on any atom is 0.195 e. The number of ether oxygens (including phenoxy) is 1. The molecular weight excluding hydrogens is 385 g/mol. The minimum atomic E-state index is 0. The highest BCUT2D eigenvalue weighted by atomic mass is 35.5. The van der Waals surface area contributed by atoms with E-state index in [0.717, 1.165) is 18.4 Å². The third kappa shape index (κ3) is 10.4. The van der Waals surface area contributed by atoms with Gasteiger partial charge in [0.15, 0.2) is 11.9 Å². The fraction of sp³-hybridized carbons (Fsp3) is 0.500. The zero-order valence-electron chi connectivity index (χ0n) is 14.5. The van der Waals surface area contributed by atoms with Crippen molar-refractivity contribution in [1.29, 1.82) is 0 Å². The molecule has 0 radical (unpaired) electrons. The lowest BCUT2D eigenvalue weighted by molar-refractivity contribution is 0.0631. The Labute approximate surface area is 165 Å². The first kappa shape index (κ1) is 23.8. The molecule has 142 valence electrons. The largest absolute Gasteiger partial charge is 0.378 e. The number of aliphatic imine (C=N–C) groups is 2. The van der Waals surface area contributed by atoms with E-state index in [9.17, 15) is 0 Å². The van der Waals surface area contributed by atoms with Crippen LogP contribution in [0.2, 0.25) is 10.0 Å². The summed E-state index contributed by atoms with van der Waals surface area (Å²) in [6.45, 7) is 5.73. The smallest absolute Gasteiger partial charge is 0.195 e. The molecule has 0 saturated heterocycles. The van der Waals surface area contributed by atoms with Crippen molar-refractivity contribution in [2.45, 2.75) is 39.3 Å². The zero-order chi connectivity index (χ0) is 17.9. The van der Waals surface area contributed by atoms with Gasteiger partial charge in [0.2, 0.25) is 0 Å². The highest BCUT2D eigenvalue weighted by Gasteiger charge is 2.01. The summed E-state index contributed by atoms with van der Waals surface area (Å²) in [4.78, 5) is 8.35. The zero-order valence-corrected chi connectivity index (χ0v) is 16.8. The van der Waals surface area contributed by atoms with E-state index < -0.39 is 0 Å². The Balaban J connectivity index is 0.00000576. The molecule has 0 saturated carbocycles. The number of nitrogens with two attached hydrogens (primary N) is 2. The summed E-state index contributed by atoms with van der Waals surface area (Å²) in [5.74, 6) is 0.423. The van der Waals surface area contributed by atoms with E-state index in [2.05, 4.69) is 22.2 Å². The number of hydrogen-bond acceptors (Lipinski definition) is 3. The first-order chi connectivity index (χ1) is 11.4. The van der Waals surface area contributed by atoms with Crippen LogP contribution in [0.4, 0.5) is 0 Å². The molecule has 0 aromatic heterocycles. The predicted octanol–water partition coefficient (Wildman–Crippen LogP) is 3.34. The molecule has 0 aliphatic carbocycles. The van der Waals surface area contributed by atoms with Crippen LogP contribution in [0.1, 0.15) is 32.3 Å². The number of rotatable bonds is 8. The van der Waals surface area contributed by atoms with Crippen LogP contribution in [-0.4, -0.2) is 31.2 Å². The minimum absolute atomic E-state index is 0. The quantitative estimate of drug-likeness (QED) is 0.348. The Hall–Kier alpha value is -1.21. The highest BCUT2D eigenvalue weighted by molar-refractivity contribution is 6.42. The Morgan fingerprint density at radius 3 is 2.52 bits per heavy atom. The van der Waals surface area contributed by atoms with Crippen molar-refractivity contribution < 1.29 is 4.74 Å². The third-order valence-electron chi connectivity index (χ3n) is 3.23. The van der Waals surface area contributed by atoms with Gasteiger partial charge in [0.05, 0.1) is 22.7 Å². The van der Waals surface area contributed by atoms with E-state index >= 15 is 0 Å². The molecule has 0 aliphatic heterocycles. The van der Waals surface area contributed by atoms with Crippen LogP contribution in [0.5, 0.6) is 0 Å². The van der Waals surface area contributed by atoms with Crippen molar-refractivity contribution in [3.05, 3.63) is 33.8 Å². The lowest BCUT2D eigenvalue weighted by Crippen LogP contribution is -2.41. The van der Waals surface area contributed by atoms with Crippen LogP contribution < -0.4 is 16.8 Å². The second kappa shape index (κ2) is 13.1. The van der Waals surface area contributed by atoms with E-state index in [1.165, 1.54) is 0 Å². The standard InChI is InChI=1S/C16H25Cl2N5O.ClH/c1-3-11(2)24-8-4-7-21-15(19)23-16(20)22-10-12-5-6-13(17)14(18)9-12;/h5-6,9,11H,3-4,7-8,10H2,1-2H3,(H5,19,20,21,22,23);1H. The van der Waals surface area contributed by atoms with Gasteiger partial charge in [-0.25, -0.2) is 4.99 Å². The second-order valence-electron chi connectivity index (χ2n) is 5.29. The Morgan fingerprint density at radius 1 is 1.20 bits per heavy atom. The first-order valence-electron chi connectivity index (χ1n) is 7.84. The summed E-state index contributed by atoms with van der Waals surface area (Å²) < 4.78 is 5.56. The molecule has 9 heteroatoms. The number of guanidine groups is 2. The molecule has 0 heterocycles. The van der Waals surface area contributed by atoms with Gasteiger partial charge in [0, 0.05) is 13.2 Å². The SMILES string of the molecule is CCC(C)OCCCN=C(N)NC(N)=NCc1ccc(Cl)c(Cl)c1.Cl. The van der Waals surface area contributed by atoms with Gasteiger partial charge in [-0.05, 0) is 37.5 Å². The monoisotopic (exact) mass is 409 g/mol. The van der Waals surface area contributed by atoms with Crippen molar-refractivity contribution in [2.75, 3.05) is 13.2 Å². The molecule has 0 aliphatic rings. The fourth-order valence-electron chi connectivity index (χ4n) is 1.69. The van der Waals surface area contributed by atoms with Crippen molar-refractivity contribution in [3.63, 3.8) is 0 Å². The van der Waals surface area contributed by atoms with Crippen LogP contribution in [-0.2, 0) is 11.3 Å². The van der Waals surface area contributed by atoms with Crippen molar-refractivity contribution >= 4 is 47.5 Å². The number of nitrogens with zero attached hydrogens (tertiary/aromatic N) is 2. The molecule has 0 bridgehead atoms. The van der Waals surface area contributed by atoms with E-state index in [-0.39, 0.29) is 30.4 Å². The molecule has 1 aromatic carbocycles. The summed E-state index contributed by atoms with van der Waals surface area (Å²) in [7, 11) is 0. The van der Waals surface area contributed by atoms with Gasteiger partial charge in [-0.15, -0.1) is 12.4 Å². The second-order valence-corrected chi connectivity index (χ2v) is 6.10. The summed E-state index contributed by atoms with van der Waals surface area (Å²) in [5, 5.41) is 3.73. The van der Waals surface area contributed by atoms with E-state index in [4.69, 9.17) is 39.4 Å². The van der Waals surface area contributed by atoms with Gasteiger partial charge < -0.3 is 16.2 Å². The lowest BCUT2D eigenvalue weighted by Gasteiger charge is -2.09. The van der Waals surface area contributed by atoms with Gasteiger partial charge in [0.1, 0.15) is 0 Å². The topological polar surface area (TPSA) is 98.0 Å². The number of benzene rings is 1. The van der Waals surface area contributed by atoms with Crippen molar-refractivity contribution in [2.24, 2.45) is 21.5 Å². The molecule has 5 N–H and O–H groups in total. The number of halogens is 3. The first-order valence-corrected chi connectivity index (χ1v) is 8.60. The van der Waals surface area contributed by atoms with E-state index in [1.807, 2.05) is 13.0 Å². The maximum atomic E-state index is 5.95. The maximum absolute atomic E-state index is 5.95. The molecule has 1 aromatic rings. The number of hydrogen-bond donors (Lipinski definition) is 3. The summed E-state index contributed by atoms with van der Waals surface area (Å²) in [6, 6.07) is 5.30. The van der Waals surface area contributed by atoms with Crippen LogP contribution in [0.25, 0.3) is 0 Å². The van der Waals surface area contributed by atoms with Gasteiger partial charge in [0.25, 0.3) is 0 Å². The average molecular weight is 411 g/mol. The predicted molar refractivity (Wildman–Crippen MR) is 109 cm³/mol. The molecule has 0 amide bonds. The Morgan fingerprint density at radius 2 is 1.88 bits per heavy atom. The molecular formula is C16H26Cl3N5O. The van der Waals surface area contributed by atoms with Crippen LogP contribution in [0.15, 0.2) is 28.2 Å². The molecule has 0 fully saturated rings. The number of nitrogens with one attached hydrogen (secondary N) is 1. The van der Waals surface area contributed by atoms with E-state index in [0.29, 0.717) is 29.7 Å². The van der Waals surface area contributed by atoms with Crippen molar-refractivity contribution in [3.8, 4) is 0 Å². The van der Waals surface area contributed by atoms with Gasteiger partial charge in [-0.3, -0.25) is 10.3 Å². The Bertz CT molecular complexity index is 581. The lowest BCUT2D eigenvalue weighted by atomic mass is 10.2. The van der Waals surface area contributed by atoms with Gasteiger partial charge in [-0.1, -0.05) is 36.2 Å². The van der Waals surface area contributed by atoms with Gasteiger partial charge >= 0.3 is 0 Å². The minimum Gasteiger partial charge on any atom is -0.378 e. The molecule has 1 atom stereocenters. The van der Waals surface area contributed by atoms with Gasteiger partial charge in [-0.2, -0.15) is 0 Å². The molecule has 6 nitrogen and oxygen atoms in total. The normalized spacial score (nSPS) is 13.3. The Kier molecular flexibility index (Phi) is 12.4. The summed E-state index contributed by atoms with van der Waals surface area (Å²) in [6.07, 6.45) is 2.07. The molecule has 1 unspecified atom stereocenters. The fourth-order valence-corrected chi connectivity index (χ4v) is 2.01. The van der Waals surface area contributed by atoms with E-state index in [1.54, 1.807) is 12.1 Å². The van der Waals surface area contributed by atoms with Crippen LogP contribution >= 0.6 is 35.6 Å². The van der Waals surface area contributed by atoms with Crippen molar-refractivity contribution in [1.82, 2.24) is 5.32 Å². The summed E-state index contributed by atoms with van der Waals surface area (Å²) >= 11 is 11.8. The van der Waals surface area contributed by atoms with Crippen LogP contribution in [0.3, 0.4) is 0 Å². The molecule has 1 rings (SSSR count). The molecule has 25 heavy (non-hydrogen) atoms. The average Bonchev–Trinajstić information content (AvgIpc) is 2.55. The van der Waals surface area contributed by atoms with Crippen LogP contribution in [0, 0.1) is 0 Å². The third-order valence-corrected chi connectivity index (χ3v) is 3.97. The highest BCUT2D eigenvalue weighted by Crippen LogP contribution is 2.22.